The van der Waals surface area contributed by atoms with Crippen LogP contribution in [-0.2, 0) is 11.2 Å². The van der Waals surface area contributed by atoms with Crippen LogP contribution in [0.2, 0.25) is 0 Å². The molecule has 0 aliphatic heterocycles. The second-order valence-corrected chi connectivity index (χ2v) is 5.83. The monoisotopic (exact) mass is 352 g/mol. The minimum Gasteiger partial charge on any atom is -0.342 e. The van der Waals surface area contributed by atoms with Crippen LogP contribution in [0.25, 0.3) is 11.0 Å². The van der Waals surface area contributed by atoms with E-state index in [1.165, 1.54) is 19.1 Å². The van der Waals surface area contributed by atoms with Gasteiger partial charge in [-0.05, 0) is 25.1 Å². The van der Waals surface area contributed by atoms with E-state index in [0.717, 1.165) is 0 Å². The third-order valence-corrected chi connectivity index (χ3v) is 3.87. The molecule has 1 amide bonds. The van der Waals surface area contributed by atoms with Gasteiger partial charge in [-0.15, -0.1) is 0 Å². The van der Waals surface area contributed by atoms with E-state index >= 15 is 0 Å². The molecule has 0 saturated carbocycles. The number of nitrogens with zero attached hydrogens (tertiary/aromatic N) is 2. The molecule has 0 fully saturated rings. The third-order valence-electron chi connectivity index (χ3n) is 3.87. The molecule has 26 heavy (non-hydrogen) atoms. The molecule has 0 unspecified atom stereocenters. The molecule has 0 saturated heterocycles. The summed E-state index contributed by atoms with van der Waals surface area (Å²) in [5, 5.41) is 13.5. The molecular formula is C18H16N4O4. The van der Waals surface area contributed by atoms with E-state index in [9.17, 15) is 19.7 Å². The van der Waals surface area contributed by atoms with Gasteiger partial charge in [-0.3, -0.25) is 19.7 Å². The third kappa shape index (κ3) is 3.92. The number of aromatic amines is 1. The van der Waals surface area contributed by atoms with Crippen LogP contribution >= 0.6 is 0 Å². The standard InChI is InChI=1S/C18H16N4O4/c1-11(23)12-3-2-4-13(9-12)19-18(24)8-7-17-20-15-6-5-14(22(25)26)10-16(15)21-17/h2-6,9-10H,7-8H2,1H3,(H,19,24)(H,20,21). The van der Waals surface area contributed by atoms with E-state index in [1.807, 2.05) is 0 Å². The van der Waals surface area contributed by atoms with E-state index in [2.05, 4.69) is 15.3 Å². The summed E-state index contributed by atoms with van der Waals surface area (Å²) in [4.78, 5) is 41.1. The van der Waals surface area contributed by atoms with E-state index in [4.69, 9.17) is 0 Å². The second-order valence-electron chi connectivity index (χ2n) is 5.83. The van der Waals surface area contributed by atoms with Crippen molar-refractivity contribution in [1.82, 2.24) is 9.97 Å². The molecule has 2 aromatic carbocycles. The van der Waals surface area contributed by atoms with Crippen molar-refractivity contribution in [3.8, 4) is 0 Å². The summed E-state index contributed by atoms with van der Waals surface area (Å²) in [5.74, 6) is 0.294. The summed E-state index contributed by atoms with van der Waals surface area (Å²) < 4.78 is 0. The van der Waals surface area contributed by atoms with Crippen LogP contribution in [0.3, 0.4) is 0 Å². The van der Waals surface area contributed by atoms with Gasteiger partial charge in [0, 0.05) is 36.2 Å². The molecule has 132 valence electrons. The Morgan fingerprint density at radius 3 is 2.77 bits per heavy atom. The van der Waals surface area contributed by atoms with Crippen LogP contribution < -0.4 is 5.32 Å². The fourth-order valence-corrected chi connectivity index (χ4v) is 2.55. The predicted molar refractivity (Wildman–Crippen MR) is 96.1 cm³/mol. The Morgan fingerprint density at radius 1 is 1.23 bits per heavy atom. The van der Waals surface area contributed by atoms with Crippen LogP contribution in [0, 0.1) is 10.1 Å². The van der Waals surface area contributed by atoms with Crippen molar-refractivity contribution in [2.75, 3.05) is 5.32 Å². The SMILES string of the molecule is CC(=O)c1cccc(NC(=O)CCc2nc3ccc([N+](=O)[O-])cc3[nH]2)c1. The smallest absolute Gasteiger partial charge is 0.271 e. The number of hydrogen-bond donors (Lipinski definition) is 2. The highest BCUT2D eigenvalue weighted by molar-refractivity contribution is 5.97. The first-order valence-electron chi connectivity index (χ1n) is 7.96. The van der Waals surface area contributed by atoms with Crippen molar-refractivity contribution >= 4 is 34.1 Å². The van der Waals surface area contributed by atoms with E-state index in [0.29, 0.717) is 34.5 Å². The van der Waals surface area contributed by atoms with E-state index in [1.54, 1.807) is 30.3 Å². The maximum Gasteiger partial charge on any atom is 0.271 e. The van der Waals surface area contributed by atoms with Gasteiger partial charge < -0.3 is 10.3 Å². The van der Waals surface area contributed by atoms with Crippen molar-refractivity contribution in [3.05, 3.63) is 64.0 Å². The molecular weight excluding hydrogens is 336 g/mol. The highest BCUT2D eigenvalue weighted by Crippen LogP contribution is 2.19. The number of carbonyl (C=O) groups excluding carboxylic acids is 2. The van der Waals surface area contributed by atoms with Crippen LogP contribution in [0.4, 0.5) is 11.4 Å². The molecule has 0 bridgehead atoms. The molecule has 8 heteroatoms. The number of nitrogens with one attached hydrogen (secondary N) is 2. The van der Waals surface area contributed by atoms with Crippen LogP contribution in [0.15, 0.2) is 42.5 Å². The first-order chi connectivity index (χ1) is 12.4. The number of carbonyl (C=O) groups is 2. The molecule has 1 aromatic heterocycles. The Balaban J connectivity index is 1.64. The zero-order valence-electron chi connectivity index (χ0n) is 14.0. The Bertz CT molecular complexity index is 1010. The number of rotatable bonds is 6. The van der Waals surface area contributed by atoms with E-state index < -0.39 is 4.92 Å². The lowest BCUT2D eigenvalue weighted by molar-refractivity contribution is -0.384. The number of anilines is 1. The number of aromatic nitrogens is 2. The molecule has 0 aliphatic carbocycles. The van der Waals surface area contributed by atoms with Crippen LogP contribution in [0.1, 0.15) is 29.5 Å². The average Bonchev–Trinajstić information content (AvgIpc) is 3.02. The summed E-state index contributed by atoms with van der Waals surface area (Å²) in [6.07, 6.45) is 0.549. The number of benzene rings is 2. The Morgan fingerprint density at radius 2 is 2.04 bits per heavy atom. The number of nitro benzene ring substituents is 1. The summed E-state index contributed by atoms with van der Waals surface area (Å²) in [5.41, 5.74) is 2.24. The largest absolute Gasteiger partial charge is 0.342 e. The van der Waals surface area contributed by atoms with Crippen molar-refractivity contribution in [1.29, 1.82) is 0 Å². The number of hydrogen-bond acceptors (Lipinski definition) is 5. The first kappa shape index (κ1) is 17.3. The minimum atomic E-state index is -0.470. The Labute approximate surface area is 148 Å². The number of fused-ring (bicyclic) bond motifs is 1. The first-order valence-corrected chi connectivity index (χ1v) is 7.96. The van der Waals surface area contributed by atoms with Gasteiger partial charge in [0.2, 0.25) is 5.91 Å². The maximum atomic E-state index is 12.1. The lowest BCUT2D eigenvalue weighted by atomic mass is 10.1. The van der Waals surface area contributed by atoms with E-state index in [-0.39, 0.29) is 23.8 Å². The summed E-state index contributed by atoms with van der Waals surface area (Å²) in [6.45, 7) is 1.47. The predicted octanol–water partition coefficient (Wildman–Crippen LogP) is 3.25. The lowest BCUT2D eigenvalue weighted by Crippen LogP contribution is -2.13. The van der Waals surface area contributed by atoms with Gasteiger partial charge >= 0.3 is 0 Å². The second kappa shape index (κ2) is 7.14. The number of nitro groups is 1. The van der Waals surface area contributed by atoms with Gasteiger partial charge in [-0.1, -0.05) is 12.1 Å². The summed E-state index contributed by atoms with van der Waals surface area (Å²) >= 11 is 0. The average molecular weight is 352 g/mol. The molecule has 0 spiro atoms. The highest BCUT2D eigenvalue weighted by Gasteiger charge is 2.11. The fraction of sp³-hybridized carbons (Fsp3) is 0.167. The van der Waals surface area contributed by atoms with Crippen LogP contribution in [0.5, 0.6) is 0 Å². The van der Waals surface area contributed by atoms with Gasteiger partial charge in [0.05, 0.1) is 16.0 Å². The minimum absolute atomic E-state index is 0.0178. The van der Waals surface area contributed by atoms with Crippen LogP contribution in [-0.4, -0.2) is 26.6 Å². The summed E-state index contributed by atoms with van der Waals surface area (Å²) in [7, 11) is 0. The number of ketones is 1. The van der Waals surface area contributed by atoms with Gasteiger partial charge in [0.1, 0.15) is 5.82 Å². The Hall–Kier alpha value is -3.55. The molecule has 1 heterocycles. The molecule has 2 N–H and O–H groups in total. The number of non-ortho nitro benzene ring substituents is 1. The van der Waals surface area contributed by atoms with Gasteiger partial charge in [-0.2, -0.15) is 0 Å². The zero-order valence-corrected chi connectivity index (χ0v) is 14.0. The highest BCUT2D eigenvalue weighted by atomic mass is 16.6. The molecule has 3 aromatic rings. The fourth-order valence-electron chi connectivity index (χ4n) is 2.55. The molecule has 8 nitrogen and oxygen atoms in total. The molecule has 0 atom stereocenters. The molecule has 0 radical (unpaired) electrons. The number of amides is 1. The summed E-state index contributed by atoms with van der Waals surface area (Å²) in [6, 6.07) is 11.1. The zero-order chi connectivity index (χ0) is 18.7. The number of aryl methyl sites for hydroxylation is 1. The molecule has 3 rings (SSSR count). The van der Waals surface area contributed by atoms with Crippen molar-refractivity contribution in [2.24, 2.45) is 0 Å². The van der Waals surface area contributed by atoms with Gasteiger partial charge in [0.15, 0.2) is 5.78 Å². The van der Waals surface area contributed by atoms with Gasteiger partial charge in [0.25, 0.3) is 5.69 Å². The number of H-pyrrole nitrogens is 1. The van der Waals surface area contributed by atoms with Crippen molar-refractivity contribution < 1.29 is 14.5 Å². The maximum absolute atomic E-state index is 12.1. The molecule has 0 aliphatic rings. The van der Waals surface area contributed by atoms with Crippen molar-refractivity contribution in [2.45, 2.75) is 19.8 Å². The number of Topliss-reactive ketones (excluding diaryl/α,β-unsaturated/α-hetero) is 1. The van der Waals surface area contributed by atoms with Gasteiger partial charge in [-0.25, -0.2) is 4.98 Å². The van der Waals surface area contributed by atoms with Crippen molar-refractivity contribution in [3.63, 3.8) is 0 Å². The quantitative estimate of drug-likeness (QED) is 0.401. The topological polar surface area (TPSA) is 118 Å². The normalized spacial score (nSPS) is 10.7. The number of imidazole rings is 1. The Kier molecular flexibility index (Phi) is 4.74. The lowest BCUT2D eigenvalue weighted by Gasteiger charge is -2.05.